The van der Waals surface area contributed by atoms with Crippen LogP contribution in [0.25, 0.3) is 0 Å². The van der Waals surface area contributed by atoms with Crippen molar-refractivity contribution in [3.05, 3.63) is 65.7 Å². The lowest BCUT2D eigenvalue weighted by Gasteiger charge is -2.17. The number of amides is 1. The molecule has 0 aromatic heterocycles. The Labute approximate surface area is 154 Å². The van der Waals surface area contributed by atoms with Crippen LogP contribution in [0.5, 0.6) is 5.75 Å². The molecular weight excluding hydrogens is 330 g/mol. The standard InChI is InChI=1S/C21H25NO4/c1-3-4-14-26-18-12-10-17(11-13-18)20(23)22-19(21(24)25-2)15-16-8-6-5-7-9-16/h5-13,19H,3-4,14-15H2,1-2H3,(H,22,23)/t19-/m1/s1. The van der Waals surface area contributed by atoms with Crippen molar-refractivity contribution in [2.24, 2.45) is 0 Å². The minimum Gasteiger partial charge on any atom is -0.494 e. The van der Waals surface area contributed by atoms with E-state index in [1.807, 2.05) is 30.3 Å². The Bertz CT molecular complexity index is 698. The predicted molar refractivity (Wildman–Crippen MR) is 100 cm³/mol. The molecule has 0 aliphatic rings. The predicted octanol–water partition coefficient (Wildman–Crippen LogP) is 3.38. The Hall–Kier alpha value is -2.82. The Morgan fingerprint density at radius 1 is 1.04 bits per heavy atom. The zero-order valence-electron chi connectivity index (χ0n) is 15.2. The molecule has 0 unspecified atom stereocenters. The van der Waals surface area contributed by atoms with E-state index in [-0.39, 0.29) is 5.91 Å². The first kappa shape index (κ1) is 19.5. The van der Waals surface area contributed by atoms with Gasteiger partial charge in [0.05, 0.1) is 13.7 Å². The Balaban J connectivity index is 2.00. The van der Waals surface area contributed by atoms with Gasteiger partial charge in [-0.2, -0.15) is 0 Å². The van der Waals surface area contributed by atoms with Crippen LogP contribution in [0.2, 0.25) is 0 Å². The van der Waals surface area contributed by atoms with Crippen molar-refractivity contribution in [1.29, 1.82) is 0 Å². The van der Waals surface area contributed by atoms with Gasteiger partial charge in [-0.1, -0.05) is 43.7 Å². The summed E-state index contributed by atoms with van der Waals surface area (Å²) in [6.07, 6.45) is 2.43. The highest BCUT2D eigenvalue weighted by molar-refractivity contribution is 5.96. The fourth-order valence-electron chi connectivity index (χ4n) is 2.46. The molecule has 2 rings (SSSR count). The fourth-order valence-corrected chi connectivity index (χ4v) is 2.46. The number of benzene rings is 2. The van der Waals surface area contributed by atoms with Crippen molar-refractivity contribution >= 4 is 11.9 Å². The number of rotatable bonds is 9. The van der Waals surface area contributed by atoms with Gasteiger partial charge in [0.1, 0.15) is 11.8 Å². The maximum absolute atomic E-state index is 12.5. The molecule has 2 aromatic rings. The van der Waals surface area contributed by atoms with Crippen molar-refractivity contribution in [2.45, 2.75) is 32.2 Å². The summed E-state index contributed by atoms with van der Waals surface area (Å²) in [5.41, 5.74) is 1.41. The number of nitrogens with one attached hydrogen (secondary N) is 1. The zero-order valence-corrected chi connectivity index (χ0v) is 15.2. The lowest BCUT2D eigenvalue weighted by molar-refractivity contribution is -0.142. The highest BCUT2D eigenvalue weighted by Gasteiger charge is 2.22. The van der Waals surface area contributed by atoms with Gasteiger partial charge in [-0.15, -0.1) is 0 Å². The topological polar surface area (TPSA) is 64.6 Å². The van der Waals surface area contributed by atoms with Crippen LogP contribution in [0, 0.1) is 0 Å². The highest BCUT2D eigenvalue weighted by atomic mass is 16.5. The van der Waals surface area contributed by atoms with E-state index in [1.165, 1.54) is 7.11 Å². The average Bonchev–Trinajstić information content (AvgIpc) is 2.68. The lowest BCUT2D eigenvalue weighted by atomic mass is 10.1. The van der Waals surface area contributed by atoms with Crippen LogP contribution < -0.4 is 10.1 Å². The molecule has 5 heteroatoms. The van der Waals surface area contributed by atoms with Gasteiger partial charge in [0.2, 0.25) is 0 Å². The number of hydrogen-bond donors (Lipinski definition) is 1. The third-order valence-corrected chi connectivity index (χ3v) is 3.96. The molecule has 5 nitrogen and oxygen atoms in total. The fraction of sp³-hybridized carbons (Fsp3) is 0.333. The summed E-state index contributed by atoms with van der Waals surface area (Å²) < 4.78 is 10.4. The van der Waals surface area contributed by atoms with Crippen molar-refractivity contribution in [3.8, 4) is 5.75 Å². The Morgan fingerprint density at radius 3 is 2.35 bits per heavy atom. The first-order valence-electron chi connectivity index (χ1n) is 8.79. The number of esters is 1. The molecule has 0 bridgehead atoms. The number of ether oxygens (including phenoxy) is 2. The molecule has 0 radical (unpaired) electrons. The van der Waals surface area contributed by atoms with E-state index in [9.17, 15) is 9.59 Å². The number of hydrogen-bond acceptors (Lipinski definition) is 4. The van der Waals surface area contributed by atoms with E-state index in [0.29, 0.717) is 18.6 Å². The van der Waals surface area contributed by atoms with Crippen LogP contribution in [0.3, 0.4) is 0 Å². The van der Waals surface area contributed by atoms with Crippen molar-refractivity contribution in [2.75, 3.05) is 13.7 Å². The number of carbonyl (C=O) groups excluding carboxylic acids is 2. The van der Waals surface area contributed by atoms with E-state index in [0.717, 1.165) is 24.2 Å². The molecule has 0 aliphatic carbocycles. The summed E-state index contributed by atoms with van der Waals surface area (Å²) in [5.74, 6) is -0.0676. The van der Waals surface area contributed by atoms with Crippen LogP contribution in [0.1, 0.15) is 35.7 Å². The SMILES string of the molecule is CCCCOc1ccc(C(=O)N[C@H](Cc2ccccc2)C(=O)OC)cc1. The van der Waals surface area contributed by atoms with Gasteiger partial charge in [-0.05, 0) is 36.2 Å². The van der Waals surface area contributed by atoms with Crippen LogP contribution in [-0.4, -0.2) is 31.6 Å². The molecule has 0 saturated carbocycles. The lowest BCUT2D eigenvalue weighted by Crippen LogP contribution is -2.43. The maximum atomic E-state index is 12.5. The summed E-state index contributed by atoms with van der Waals surface area (Å²) in [6.45, 7) is 2.76. The molecule has 1 atom stereocenters. The molecular formula is C21H25NO4. The van der Waals surface area contributed by atoms with E-state index >= 15 is 0 Å². The third kappa shape index (κ3) is 5.92. The summed E-state index contributed by atoms with van der Waals surface area (Å²) in [4.78, 5) is 24.5. The van der Waals surface area contributed by atoms with Crippen LogP contribution in [-0.2, 0) is 16.0 Å². The second kappa shape index (κ2) is 10.2. The number of unbranched alkanes of at least 4 members (excludes halogenated alkanes) is 1. The first-order valence-corrected chi connectivity index (χ1v) is 8.79. The summed E-state index contributed by atoms with van der Waals surface area (Å²) in [7, 11) is 1.31. The van der Waals surface area contributed by atoms with Gasteiger partial charge in [0.15, 0.2) is 0 Å². The molecule has 1 N–H and O–H groups in total. The average molecular weight is 355 g/mol. The minimum absolute atomic E-state index is 0.323. The smallest absolute Gasteiger partial charge is 0.328 e. The molecule has 26 heavy (non-hydrogen) atoms. The molecule has 138 valence electrons. The van der Waals surface area contributed by atoms with Crippen molar-refractivity contribution in [1.82, 2.24) is 5.32 Å². The largest absolute Gasteiger partial charge is 0.494 e. The minimum atomic E-state index is -0.740. The molecule has 1 amide bonds. The molecule has 0 saturated heterocycles. The Morgan fingerprint density at radius 2 is 1.73 bits per heavy atom. The van der Waals surface area contributed by atoms with Gasteiger partial charge < -0.3 is 14.8 Å². The van der Waals surface area contributed by atoms with E-state index in [1.54, 1.807) is 24.3 Å². The molecule has 0 fully saturated rings. The first-order chi connectivity index (χ1) is 12.6. The highest BCUT2D eigenvalue weighted by Crippen LogP contribution is 2.13. The molecule has 0 heterocycles. The Kier molecular flexibility index (Phi) is 7.68. The van der Waals surface area contributed by atoms with Crippen LogP contribution in [0.4, 0.5) is 0 Å². The normalized spacial score (nSPS) is 11.5. The molecule has 2 aromatic carbocycles. The van der Waals surface area contributed by atoms with Gasteiger partial charge in [-0.25, -0.2) is 4.79 Å². The summed E-state index contributed by atoms with van der Waals surface area (Å²) in [6, 6.07) is 15.7. The zero-order chi connectivity index (χ0) is 18.8. The second-order valence-electron chi connectivity index (χ2n) is 5.97. The molecule has 0 spiro atoms. The van der Waals surface area contributed by atoms with Gasteiger partial charge >= 0.3 is 5.97 Å². The van der Waals surface area contributed by atoms with Crippen LogP contribution >= 0.6 is 0 Å². The van der Waals surface area contributed by atoms with Gasteiger partial charge in [0, 0.05) is 12.0 Å². The number of methoxy groups -OCH3 is 1. The quantitative estimate of drug-likeness (QED) is 0.553. The van der Waals surface area contributed by atoms with Gasteiger partial charge in [-0.3, -0.25) is 4.79 Å². The summed E-state index contributed by atoms with van der Waals surface area (Å²) in [5, 5.41) is 2.75. The van der Waals surface area contributed by atoms with E-state index in [2.05, 4.69) is 12.2 Å². The van der Waals surface area contributed by atoms with Gasteiger partial charge in [0.25, 0.3) is 5.91 Å². The van der Waals surface area contributed by atoms with E-state index in [4.69, 9.17) is 9.47 Å². The molecule has 0 aliphatic heterocycles. The maximum Gasteiger partial charge on any atom is 0.328 e. The monoisotopic (exact) mass is 355 g/mol. The number of carbonyl (C=O) groups is 2. The van der Waals surface area contributed by atoms with Crippen molar-refractivity contribution in [3.63, 3.8) is 0 Å². The van der Waals surface area contributed by atoms with Crippen molar-refractivity contribution < 1.29 is 19.1 Å². The van der Waals surface area contributed by atoms with Crippen LogP contribution in [0.15, 0.2) is 54.6 Å². The third-order valence-electron chi connectivity index (χ3n) is 3.96. The second-order valence-corrected chi connectivity index (χ2v) is 5.97. The van der Waals surface area contributed by atoms with E-state index < -0.39 is 12.0 Å². The summed E-state index contributed by atoms with van der Waals surface area (Å²) >= 11 is 0.